The number of amides is 1. The number of carbonyl (C=O) groups excluding carboxylic acids is 1. The summed E-state index contributed by atoms with van der Waals surface area (Å²) in [5.41, 5.74) is 0.604. The maximum atomic E-state index is 13.5. The molecule has 1 N–H and O–H groups in total. The summed E-state index contributed by atoms with van der Waals surface area (Å²) >= 11 is 0. The van der Waals surface area contributed by atoms with Crippen LogP contribution < -0.4 is 10.1 Å². The highest BCUT2D eigenvalue weighted by Gasteiger charge is 2.11. The van der Waals surface area contributed by atoms with Crippen LogP contribution in [0.1, 0.15) is 30.1 Å². The number of ether oxygens (including phenoxy) is 1. The number of anilines is 1. The van der Waals surface area contributed by atoms with Gasteiger partial charge in [-0.2, -0.15) is 0 Å². The molecule has 0 aliphatic heterocycles. The van der Waals surface area contributed by atoms with Crippen LogP contribution in [0, 0.1) is 5.82 Å². The molecule has 0 radical (unpaired) electrons. The average Bonchev–Trinajstić information content (AvgIpc) is 2.48. The fraction of sp³-hybridized carbons (Fsp3) is 0.235. The fourth-order valence-corrected chi connectivity index (χ4v) is 1.84. The van der Waals surface area contributed by atoms with E-state index >= 15 is 0 Å². The van der Waals surface area contributed by atoms with Crippen LogP contribution in [-0.2, 0) is 0 Å². The summed E-state index contributed by atoms with van der Waals surface area (Å²) in [5.74, 6) is -0.320. The van der Waals surface area contributed by atoms with Gasteiger partial charge in [-0.3, -0.25) is 4.79 Å². The molecule has 0 spiro atoms. The van der Waals surface area contributed by atoms with Gasteiger partial charge in [0.1, 0.15) is 11.6 Å². The van der Waals surface area contributed by atoms with Gasteiger partial charge in [0, 0.05) is 11.8 Å². The van der Waals surface area contributed by atoms with Crippen molar-refractivity contribution >= 4 is 11.6 Å². The summed E-state index contributed by atoms with van der Waals surface area (Å²) in [5, 5.41) is 2.67. The van der Waals surface area contributed by atoms with E-state index in [1.54, 1.807) is 30.3 Å². The lowest BCUT2D eigenvalue weighted by atomic mass is 10.2. The second-order valence-corrected chi connectivity index (χ2v) is 4.66. The molecule has 21 heavy (non-hydrogen) atoms. The van der Waals surface area contributed by atoms with Gasteiger partial charge >= 0.3 is 0 Å². The molecule has 0 bridgehead atoms. The SMILES string of the molecule is CCCCOc1cccc(NC(=O)c2ccccc2F)c1. The largest absolute Gasteiger partial charge is 0.494 e. The van der Waals surface area contributed by atoms with Gasteiger partial charge in [-0.25, -0.2) is 4.39 Å². The second-order valence-electron chi connectivity index (χ2n) is 4.66. The summed E-state index contributed by atoms with van der Waals surface area (Å²) in [6, 6.07) is 13.0. The quantitative estimate of drug-likeness (QED) is 0.806. The lowest BCUT2D eigenvalue weighted by Gasteiger charge is -2.09. The zero-order valence-corrected chi connectivity index (χ0v) is 11.9. The molecular formula is C17H18FNO2. The molecule has 0 saturated heterocycles. The second kappa shape index (κ2) is 7.43. The van der Waals surface area contributed by atoms with Gasteiger partial charge in [0.2, 0.25) is 0 Å². The first kappa shape index (κ1) is 15.0. The molecule has 0 aromatic heterocycles. The van der Waals surface area contributed by atoms with E-state index in [2.05, 4.69) is 12.2 Å². The van der Waals surface area contributed by atoms with Crippen molar-refractivity contribution in [1.82, 2.24) is 0 Å². The van der Waals surface area contributed by atoms with Crippen molar-refractivity contribution in [2.45, 2.75) is 19.8 Å². The Morgan fingerprint density at radius 2 is 2.00 bits per heavy atom. The van der Waals surface area contributed by atoms with Gasteiger partial charge in [-0.05, 0) is 30.7 Å². The van der Waals surface area contributed by atoms with Crippen LogP contribution in [0.15, 0.2) is 48.5 Å². The molecule has 0 unspecified atom stereocenters. The number of benzene rings is 2. The third-order valence-corrected chi connectivity index (χ3v) is 2.98. The number of halogens is 1. The van der Waals surface area contributed by atoms with E-state index in [4.69, 9.17) is 4.74 Å². The molecule has 110 valence electrons. The number of unbranched alkanes of at least 4 members (excludes halogenated alkanes) is 1. The summed E-state index contributed by atoms with van der Waals surface area (Å²) in [7, 11) is 0. The molecule has 2 rings (SSSR count). The third-order valence-electron chi connectivity index (χ3n) is 2.98. The van der Waals surface area contributed by atoms with Gasteiger partial charge < -0.3 is 10.1 Å². The van der Waals surface area contributed by atoms with E-state index in [9.17, 15) is 9.18 Å². The smallest absolute Gasteiger partial charge is 0.258 e. The molecule has 4 heteroatoms. The van der Waals surface area contributed by atoms with Gasteiger partial charge in [0.15, 0.2) is 0 Å². The predicted octanol–water partition coefficient (Wildman–Crippen LogP) is 4.26. The maximum Gasteiger partial charge on any atom is 0.258 e. The minimum atomic E-state index is -0.537. The summed E-state index contributed by atoms with van der Waals surface area (Å²) in [6.07, 6.45) is 2.04. The van der Waals surface area contributed by atoms with Crippen molar-refractivity contribution in [3.63, 3.8) is 0 Å². The zero-order valence-electron chi connectivity index (χ0n) is 11.9. The Labute approximate surface area is 123 Å². The number of nitrogens with one attached hydrogen (secondary N) is 1. The van der Waals surface area contributed by atoms with Crippen LogP contribution in [0.5, 0.6) is 5.75 Å². The predicted molar refractivity (Wildman–Crippen MR) is 81.2 cm³/mol. The van der Waals surface area contributed by atoms with E-state index in [1.165, 1.54) is 12.1 Å². The first-order valence-corrected chi connectivity index (χ1v) is 6.99. The first-order valence-electron chi connectivity index (χ1n) is 6.99. The summed E-state index contributed by atoms with van der Waals surface area (Å²) in [6.45, 7) is 2.73. The Bertz CT molecular complexity index is 613. The molecule has 0 aliphatic rings. The van der Waals surface area contributed by atoms with Crippen LogP contribution in [0.2, 0.25) is 0 Å². The van der Waals surface area contributed by atoms with E-state index in [-0.39, 0.29) is 5.56 Å². The molecule has 0 fully saturated rings. The molecule has 0 heterocycles. The number of carbonyl (C=O) groups is 1. The molecule has 0 saturated carbocycles. The minimum Gasteiger partial charge on any atom is -0.494 e. The molecule has 0 aliphatic carbocycles. The third kappa shape index (κ3) is 4.31. The van der Waals surface area contributed by atoms with E-state index in [0.717, 1.165) is 12.8 Å². The highest BCUT2D eigenvalue weighted by molar-refractivity contribution is 6.04. The number of rotatable bonds is 6. The monoisotopic (exact) mass is 287 g/mol. The summed E-state index contributed by atoms with van der Waals surface area (Å²) < 4.78 is 19.1. The maximum absolute atomic E-state index is 13.5. The van der Waals surface area contributed by atoms with Crippen LogP contribution in [0.25, 0.3) is 0 Å². The van der Waals surface area contributed by atoms with Crippen LogP contribution in [-0.4, -0.2) is 12.5 Å². The van der Waals surface area contributed by atoms with E-state index in [1.807, 2.05) is 6.07 Å². The van der Waals surface area contributed by atoms with Crippen LogP contribution in [0.3, 0.4) is 0 Å². The van der Waals surface area contributed by atoms with E-state index in [0.29, 0.717) is 18.0 Å². The molecule has 3 nitrogen and oxygen atoms in total. The highest BCUT2D eigenvalue weighted by atomic mass is 19.1. The molecule has 2 aromatic rings. The fourth-order valence-electron chi connectivity index (χ4n) is 1.84. The van der Waals surface area contributed by atoms with Crippen molar-refractivity contribution in [1.29, 1.82) is 0 Å². The Morgan fingerprint density at radius 3 is 2.76 bits per heavy atom. The van der Waals surface area contributed by atoms with Gasteiger partial charge in [0.25, 0.3) is 5.91 Å². The lowest BCUT2D eigenvalue weighted by molar-refractivity contribution is 0.102. The Morgan fingerprint density at radius 1 is 1.19 bits per heavy atom. The summed E-state index contributed by atoms with van der Waals surface area (Å²) in [4.78, 5) is 12.0. The Balaban J connectivity index is 2.04. The standard InChI is InChI=1S/C17H18FNO2/c1-2-3-11-21-14-8-6-7-13(12-14)19-17(20)15-9-4-5-10-16(15)18/h4-10,12H,2-3,11H2,1H3,(H,19,20). The van der Waals surface area contributed by atoms with Gasteiger partial charge in [0.05, 0.1) is 12.2 Å². The topological polar surface area (TPSA) is 38.3 Å². The number of hydrogen-bond acceptors (Lipinski definition) is 2. The van der Waals surface area contributed by atoms with Crippen LogP contribution >= 0.6 is 0 Å². The van der Waals surface area contributed by atoms with Gasteiger partial charge in [-0.1, -0.05) is 31.5 Å². The lowest BCUT2D eigenvalue weighted by Crippen LogP contribution is -2.13. The molecule has 1 amide bonds. The van der Waals surface area contributed by atoms with Crippen molar-refractivity contribution in [2.24, 2.45) is 0 Å². The minimum absolute atomic E-state index is 0.0230. The first-order chi connectivity index (χ1) is 10.2. The molecular weight excluding hydrogens is 269 g/mol. The Hall–Kier alpha value is -2.36. The molecule has 0 atom stereocenters. The highest BCUT2D eigenvalue weighted by Crippen LogP contribution is 2.19. The van der Waals surface area contributed by atoms with Crippen molar-refractivity contribution in [3.05, 3.63) is 59.9 Å². The van der Waals surface area contributed by atoms with Crippen LogP contribution in [0.4, 0.5) is 10.1 Å². The molecule has 2 aromatic carbocycles. The zero-order chi connectivity index (χ0) is 15.1. The van der Waals surface area contributed by atoms with Crippen molar-refractivity contribution in [2.75, 3.05) is 11.9 Å². The van der Waals surface area contributed by atoms with Gasteiger partial charge in [-0.15, -0.1) is 0 Å². The average molecular weight is 287 g/mol. The normalized spacial score (nSPS) is 10.2. The van der Waals surface area contributed by atoms with Crippen molar-refractivity contribution < 1.29 is 13.9 Å². The Kier molecular flexibility index (Phi) is 5.32. The van der Waals surface area contributed by atoms with E-state index < -0.39 is 11.7 Å². The number of hydrogen-bond donors (Lipinski definition) is 1. The van der Waals surface area contributed by atoms with Crippen molar-refractivity contribution in [3.8, 4) is 5.75 Å².